The van der Waals surface area contributed by atoms with Crippen LogP contribution in [0.5, 0.6) is 5.75 Å². The number of halogens is 1. The number of hydrogen-bond donors (Lipinski definition) is 2. The number of anilines is 1. The molecule has 192 valence electrons. The third-order valence-electron chi connectivity index (χ3n) is 6.01. The Balaban J connectivity index is 1.46. The van der Waals surface area contributed by atoms with Crippen LogP contribution in [0.25, 0.3) is 0 Å². The van der Waals surface area contributed by atoms with Crippen LogP contribution in [0.15, 0.2) is 72.8 Å². The van der Waals surface area contributed by atoms with Gasteiger partial charge in [0.1, 0.15) is 18.9 Å². The summed E-state index contributed by atoms with van der Waals surface area (Å²) in [6.07, 6.45) is 0.149. The number of carbonyl (C=O) groups is 3. The number of fused-ring (bicyclic) bond motifs is 1. The first-order valence-electron chi connectivity index (χ1n) is 12.0. The monoisotopic (exact) mass is 521 g/mol. The van der Waals surface area contributed by atoms with E-state index in [0.717, 1.165) is 11.1 Å². The average Bonchev–Trinajstić information content (AvgIpc) is 3.06. The number of ether oxygens (including phenoxy) is 1. The van der Waals surface area contributed by atoms with Crippen LogP contribution in [-0.4, -0.2) is 54.0 Å². The number of amides is 3. The van der Waals surface area contributed by atoms with E-state index >= 15 is 0 Å². The van der Waals surface area contributed by atoms with Gasteiger partial charge in [-0.25, -0.2) is 0 Å². The molecule has 8 nitrogen and oxygen atoms in total. The Kier molecular flexibility index (Phi) is 8.77. The quantitative estimate of drug-likeness (QED) is 0.449. The number of carbonyl (C=O) groups excluding carboxylic acids is 3. The lowest BCUT2D eigenvalue weighted by Crippen LogP contribution is -2.41. The lowest BCUT2D eigenvalue weighted by Gasteiger charge is -2.23. The van der Waals surface area contributed by atoms with E-state index in [2.05, 4.69) is 5.32 Å². The van der Waals surface area contributed by atoms with Crippen molar-refractivity contribution in [3.05, 3.63) is 94.5 Å². The Morgan fingerprint density at radius 3 is 2.51 bits per heavy atom. The summed E-state index contributed by atoms with van der Waals surface area (Å²) in [5.74, 6) is -0.404. The highest BCUT2D eigenvalue weighted by atomic mass is 35.5. The van der Waals surface area contributed by atoms with E-state index in [1.54, 1.807) is 23.1 Å². The van der Waals surface area contributed by atoms with E-state index < -0.39 is 5.91 Å². The summed E-state index contributed by atoms with van der Waals surface area (Å²) in [5, 5.41) is 12.0. The molecule has 3 aromatic carbocycles. The fraction of sp³-hybridized carbons (Fsp3) is 0.250. The fourth-order valence-corrected chi connectivity index (χ4v) is 4.35. The topological polar surface area (TPSA) is 99.2 Å². The molecule has 0 aromatic heterocycles. The summed E-state index contributed by atoms with van der Waals surface area (Å²) in [7, 11) is 0. The number of aliphatic hydroxyl groups excluding tert-OH is 1. The molecule has 0 spiro atoms. The predicted octanol–water partition coefficient (Wildman–Crippen LogP) is 3.41. The van der Waals surface area contributed by atoms with E-state index in [9.17, 15) is 14.4 Å². The van der Waals surface area contributed by atoms with Crippen LogP contribution < -0.4 is 15.0 Å². The molecule has 9 heteroatoms. The number of hydrogen-bond acceptors (Lipinski definition) is 5. The molecular formula is C28H28ClN3O5. The van der Waals surface area contributed by atoms with Gasteiger partial charge >= 0.3 is 0 Å². The van der Waals surface area contributed by atoms with E-state index in [4.69, 9.17) is 21.4 Å². The van der Waals surface area contributed by atoms with Gasteiger partial charge in [0.05, 0.1) is 17.2 Å². The maximum atomic E-state index is 13.5. The lowest BCUT2D eigenvalue weighted by atomic mass is 10.1. The molecule has 37 heavy (non-hydrogen) atoms. The third kappa shape index (κ3) is 6.67. The number of rotatable bonds is 9. The summed E-state index contributed by atoms with van der Waals surface area (Å²) in [6.45, 7) is 0.720. The molecule has 0 unspecified atom stereocenters. The third-order valence-corrected chi connectivity index (χ3v) is 6.32. The van der Waals surface area contributed by atoms with E-state index in [0.29, 0.717) is 18.0 Å². The smallest absolute Gasteiger partial charge is 0.260 e. The van der Waals surface area contributed by atoms with E-state index in [-0.39, 0.29) is 61.7 Å². The van der Waals surface area contributed by atoms with Gasteiger partial charge in [-0.1, -0.05) is 60.1 Å². The minimum atomic E-state index is -0.415. The van der Waals surface area contributed by atoms with Gasteiger partial charge in [0.15, 0.2) is 0 Å². The highest BCUT2D eigenvalue weighted by Gasteiger charge is 2.30. The molecule has 0 fully saturated rings. The number of aliphatic hydroxyl groups is 1. The summed E-state index contributed by atoms with van der Waals surface area (Å²) in [6, 6.07) is 21.6. The minimum Gasteiger partial charge on any atom is -0.491 e. The first-order chi connectivity index (χ1) is 18.0. The number of para-hydroxylation sites is 1. The first kappa shape index (κ1) is 26.2. The molecule has 0 saturated carbocycles. The average molecular weight is 522 g/mol. The van der Waals surface area contributed by atoms with Gasteiger partial charge < -0.3 is 20.1 Å². The van der Waals surface area contributed by atoms with Crippen molar-refractivity contribution in [2.75, 3.05) is 31.2 Å². The number of nitrogens with zero attached hydrogens (tertiary/aromatic N) is 2. The number of benzene rings is 3. The van der Waals surface area contributed by atoms with Crippen LogP contribution in [0.4, 0.5) is 5.69 Å². The van der Waals surface area contributed by atoms with Crippen molar-refractivity contribution < 1.29 is 24.2 Å². The van der Waals surface area contributed by atoms with Crippen molar-refractivity contribution in [2.45, 2.75) is 19.5 Å². The zero-order valence-electron chi connectivity index (χ0n) is 20.2. The van der Waals surface area contributed by atoms with Crippen LogP contribution in [0, 0.1) is 0 Å². The minimum absolute atomic E-state index is 0.109. The molecule has 3 aromatic rings. The van der Waals surface area contributed by atoms with Crippen molar-refractivity contribution in [1.29, 1.82) is 0 Å². The Bertz CT molecular complexity index is 1270. The van der Waals surface area contributed by atoms with Crippen molar-refractivity contribution >= 4 is 35.0 Å². The summed E-state index contributed by atoms with van der Waals surface area (Å²) in [4.78, 5) is 42.2. The zero-order chi connectivity index (χ0) is 26.2. The molecule has 2 N–H and O–H groups in total. The second kappa shape index (κ2) is 12.4. The van der Waals surface area contributed by atoms with Crippen molar-refractivity contribution in [2.24, 2.45) is 0 Å². The molecule has 1 aliphatic heterocycles. The summed E-state index contributed by atoms with van der Waals surface area (Å²) in [5.41, 5.74) is 2.64. The predicted molar refractivity (Wildman–Crippen MR) is 140 cm³/mol. The van der Waals surface area contributed by atoms with Crippen LogP contribution in [0.1, 0.15) is 27.9 Å². The fourth-order valence-electron chi connectivity index (χ4n) is 4.10. The number of nitrogens with one attached hydrogen (secondary N) is 1. The van der Waals surface area contributed by atoms with Gasteiger partial charge in [0.2, 0.25) is 11.8 Å². The first-order valence-corrected chi connectivity index (χ1v) is 12.4. The summed E-state index contributed by atoms with van der Waals surface area (Å²) < 4.78 is 5.36. The van der Waals surface area contributed by atoms with Crippen molar-refractivity contribution in [3.8, 4) is 5.75 Å². The Morgan fingerprint density at radius 1 is 1.00 bits per heavy atom. The lowest BCUT2D eigenvalue weighted by molar-refractivity contribution is -0.130. The van der Waals surface area contributed by atoms with Crippen LogP contribution in [0.2, 0.25) is 5.02 Å². The molecule has 0 atom stereocenters. The molecular weight excluding hydrogens is 494 g/mol. The standard InChI is InChI=1S/C28H28ClN3O5/c29-24-16-22(37-15-14-33)10-11-23(24)28(36)32-19-27(35)31(18-21-8-4-5-9-25(21)32)13-12-26(34)30-17-20-6-2-1-3-7-20/h1-11,16,33H,12-15,17-19H2,(H,30,34). The zero-order valence-corrected chi connectivity index (χ0v) is 21.0. The van der Waals surface area contributed by atoms with E-state index in [1.807, 2.05) is 48.5 Å². The summed E-state index contributed by atoms with van der Waals surface area (Å²) >= 11 is 6.38. The highest BCUT2D eigenvalue weighted by molar-refractivity contribution is 6.34. The maximum absolute atomic E-state index is 13.5. The second-order valence-electron chi connectivity index (χ2n) is 8.56. The Morgan fingerprint density at radius 2 is 1.76 bits per heavy atom. The molecule has 1 aliphatic rings. The van der Waals surface area contributed by atoms with Gasteiger partial charge in [-0.2, -0.15) is 0 Å². The van der Waals surface area contributed by atoms with E-state index in [1.165, 1.54) is 11.0 Å². The molecule has 0 radical (unpaired) electrons. The normalized spacial score (nSPS) is 13.1. The van der Waals surface area contributed by atoms with Gasteiger partial charge in [0, 0.05) is 31.7 Å². The van der Waals surface area contributed by atoms with Crippen LogP contribution >= 0.6 is 11.6 Å². The Hall–Kier alpha value is -3.88. The van der Waals surface area contributed by atoms with Gasteiger partial charge in [-0.15, -0.1) is 0 Å². The molecule has 0 aliphatic carbocycles. The molecule has 3 amide bonds. The molecule has 0 saturated heterocycles. The largest absolute Gasteiger partial charge is 0.491 e. The van der Waals surface area contributed by atoms with Crippen LogP contribution in [-0.2, 0) is 22.7 Å². The van der Waals surface area contributed by atoms with Gasteiger partial charge in [-0.3, -0.25) is 19.3 Å². The molecule has 0 bridgehead atoms. The highest BCUT2D eigenvalue weighted by Crippen LogP contribution is 2.30. The van der Waals surface area contributed by atoms with Crippen LogP contribution in [0.3, 0.4) is 0 Å². The SMILES string of the molecule is O=C(CCN1Cc2ccccc2N(C(=O)c2ccc(OCCO)cc2Cl)CC1=O)NCc1ccccc1. The molecule has 1 heterocycles. The van der Waals surface area contributed by atoms with Gasteiger partial charge in [-0.05, 0) is 35.4 Å². The van der Waals surface area contributed by atoms with Crippen molar-refractivity contribution in [3.63, 3.8) is 0 Å². The molecule has 4 rings (SSSR count). The second-order valence-corrected chi connectivity index (χ2v) is 8.97. The van der Waals surface area contributed by atoms with Crippen molar-refractivity contribution in [1.82, 2.24) is 10.2 Å². The Labute approximate surface area is 220 Å². The van der Waals surface area contributed by atoms with Gasteiger partial charge in [0.25, 0.3) is 5.91 Å². The maximum Gasteiger partial charge on any atom is 0.260 e.